The standard InChI is InChI=1S/C12H14BrFN2O4/c1-19-12(2-3-20-7-12)6-15-10-4-8(13)9(14)5-11(10)16(17)18/h4-5,15H,2-3,6-7H2,1H3. The normalized spacial score (nSPS) is 21.9. The van der Waals surface area contributed by atoms with Gasteiger partial charge in [0, 0.05) is 26.7 Å². The smallest absolute Gasteiger partial charge is 0.295 e. The number of nitro benzene ring substituents is 1. The lowest BCUT2D eigenvalue weighted by molar-refractivity contribution is -0.384. The van der Waals surface area contributed by atoms with E-state index in [1.165, 1.54) is 6.07 Å². The summed E-state index contributed by atoms with van der Waals surface area (Å²) in [5.74, 6) is -0.673. The van der Waals surface area contributed by atoms with Crippen LogP contribution in [0.15, 0.2) is 16.6 Å². The third-order valence-electron chi connectivity index (χ3n) is 3.34. The van der Waals surface area contributed by atoms with Crippen molar-refractivity contribution in [1.82, 2.24) is 0 Å². The molecule has 0 saturated carbocycles. The van der Waals surface area contributed by atoms with Crippen molar-refractivity contribution in [2.45, 2.75) is 12.0 Å². The van der Waals surface area contributed by atoms with E-state index in [0.29, 0.717) is 26.2 Å². The maximum Gasteiger partial charge on any atom is 0.295 e. The molecule has 0 aliphatic carbocycles. The molecule has 6 nitrogen and oxygen atoms in total. The fourth-order valence-corrected chi connectivity index (χ4v) is 2.39. The zero-order chi connectivity index (χ0) is 14.8. The molecule has 1 aliphatic rings. The molecule has 0 aromatic heterocycles. The van der Waals surface area contributed by atoms with Crippen molar-refractivity contribution >= 4 is 27.3 Å². The van der Waals surface area contributed by atoms with Gasteiger partial charge in [-0.15, -0.1) is 0 Å². The maximum atomic E-state index is 13.4. The molecule has 20 heavy (non-hydrogen) atoms. The molecule has 1 atom stereocenters. The molecular weight excluding hydrogens is 335 g/mol. The summed E-state index contributed by atoms with van der Waals surface area (Å²) in [4.78, 5) is 10.3. The van der Waals surface area contributed by atoms with Crippen molar-refractivity contribution in [3.63, 3.8) is 0 Å². The summed E-state index contributed by atoms with van der Waals surface area (Å²) in [6, 6.07) is 2.24. The molecule has 1 saturated heterocycles. The lowest BCUT2D eigenvalue weighted by Crippen LogP contribution is -2.39. The summed E-state index contributed by atoms with van der Waals surface area (Å²) in [5, 5.41) is 13.9. The van der Waals surface area contributed by atoms with Crippen molar-refractivity contribution < 1.29 is 18.8 Å². The topological polar surface area (TPSA) is 73.6 Å². The van der Waals surface area contributed by atoms with Crippen LogP contribution < -0.4 is 5.32 Å². The summed E-state index contributed by atoms with van der Waals surface area (Å²) < 4.78 is 24.3. The van der Waals surface area contributed by atoms with Gasteiger partial charge >= 0.3 is 0 Å². The zero-order valence-electron chi connectivity index (χ0n) is 10.8. The number of benzene rings is 1. The first-order valence-electron chi connectivity index (χ1n) is 5.98. The van der Waals surface area contributed by atoms with Crippen LogP contribution in [0.4, 0.5) is 15.8 Å². The molecule has 1 heterocycles. The number of hydrogen-bond acceptors (Lipinski definition) is 5. The third kappa shape index (κ3) is 3.08. The zero-order valence-corrected chi connectivity index (χ0v) is 12.4. The molecule has 0 bridgehead atoms. The van der Waals surface area contributed by atoms with E-state index in [2.05, 4.69) is 21.2 Å². The minimum atomic E-state index is -0.673. The lowest BCUT2D eigenvalue weighted by atomic mass is 10.0. The highest BCUT2D eigenvalue weighted by molar-refractivity contribution is 9.10. The highest BCUT2D eigenvalue weighted by Crippen LogP contribution is 2.32. The molecule has 8 heteroatoms. The van der Waals surface area contributed by atoms with Gasteiger partial charge in [0.1, 0.15) is 17.1 Å². The SMILES string of the molecule is COC1(CNc2cc(Br)c(F)cc2[N+](=O)[O-])CCOC1. The molecule has 1 aromatic rings. The van der Waals surface area contributed by atoms with Crippen LogP contribution in [-0.2, 0) is 9.47 Å². The van der Waals surface area contributed by atoms with Crippen molar-refractivity contribution in [1.29, 1.82) is 0 Å². The fourth-order valence-electron chi connectivity index (χ4n) is 2.05. The van der Waals surface area contributed by atoms with Crippen molar-refractivity contribution in [3.8, 4) is 0 Å². The second-order valence-corrected chi connectivity index (χ2v) is 5.44. The van der Waals surface area contributed by atoms with E-state index >= 15 is 0 Å². The fraction of sp³-hybridized carbons (Fsp3) is 0.500. The van der Waals surface area contributed by atoms with Gasteiger partial charge in [0.05, 0.1) is 22.1 Å². The molecule has 110 valence electrons. The van der Waals surface area contributed by atoms with E-state index in [9.17, 15) is 14.5 Å². The molecule has 1 N–H and O–H groups in total. The Balaban J connectivity index is 2.20. The van der Waals surface area contributed by atoms with Crippen molar-refractivity contribution in [2.24, 2.45) is 0 Å². The average molecular weight is 349 g/mol. The van der Waals surface area contributed by atoms with E-state index < -0.39 is 16.3 Å². The molecule has 1 fully saturated rings. The Morgan fingerprint density at radius 2 is 2.40 bits per heavy atom. The Morgan fingerprint density at radius 3 is 2.95 bits per heavy atom. The van der Waals surface area contributed by atoms with Crippen LogP contribution in [-0.4, -0.2) is 37.4 Å². The van der Waals surface area contributed by atoms with E-state index in [1.54, 1.807) is 7.11 Å². The second-order valence-electron chi connectivity index (χ2n) is 4.58. The Morgan fingerprint density at radius 1 is 1.65 bits per heavy atom. The number of nitrogens with zero attached hydrogens (tertiary/aromatic N) is 1. The summed E-state index contributed by atoms with van der Waals surface area (Å²) in [6.07, 6.45) is 0.701. The van der Waals surface area contributed by atoms with Crippen LogP contribution in [0.25, 0.3) is 0 Å². The number of hydrogen-bond donors (Lipinski definition) is 1. The van der Waals surface area contributed by atoms with Crippen LogP contribution >= 0.6 is 15.9 Å². The molecule has 0 amide bonds. The molecule has 0 spiro atoms. The number of rotatable bonds is 5. The predicted octanol–water partition coefficient (Wildman–Crippen LogP) is 2.71. The van der Waals surface area contributed by atoms with Crippen LogP contribution in [0.1, 0.15) is 6.42 Å². The van der Waals surface area contributed by atoms with Crippen molar-refractivity contribution in [2.75, 3.05) is 32.2 Å². The van der Waals surface area contributed by atoms with Gasteiger partial charge in [-0.05, 0) is 22.0 Å². The van der Waals surface area contributed by atoms with Gasteiger partial charge in [0.15, 0.2) is 0 Å². The van der Waals surface area contributed by atoms with Crippen molar-refractivity contribution in [3.05, 3.63) is 32.5 Å². The Hall–Kier alpha value is -1.25. The summed E-state index contributed by atoms with van der Waals surface area (Å²) in [7, 11) is 1.57. The Bertz CT molecular complexity index is 520. The monoisotopic (exact) mass is 348 g/mol. The van der Waals surface area contributed by atoms with E-state index in [4.69, 9.17) is 9.47 Å². The van der Waals surface area contributed by atoms with Gasteiger partial charge in [0.2, 0.25) is 0 Å². The van der Waals surface area contributed by atoms with Gasteiger partial charge in [0.25, 0.3) is 5.69 Å². The molecule has 1 aliphatic heterocycles. The Kier molecular flexibility index (Phi) is 4.56. The number of nitro groups is 1. The minimum absolute atomic E-state index is 0.166. The molecule has 1 unspecified atom stereocenters. The average Bonchev–Trinajstić information content (AvgIpc) is 2.89. The van der Waals surface area contributed by atoms with E-state index in [-0.39, 0.29) is 15.8 Å². The summed E-state index contributed by atoms with van der Waals surface area (Å²) in [6.45, 7) is 1.36. The minimum Gasteiger partial charge on any atom is -0.378 e. The van der Waals surface area contributed by atoms with Crippen LogP contribution in [0.2, 0.25) is 0 Å². The van der Waals surface area contributed by atoms with Gasteiger partial charge in [-0.1, -0.05) is 0 Å². The largest absolute Gasteiger partial charge is 0.378 e. The highest BCUT2D eigenvalue weighted by atomic mass is 79.9. The quantitative estimate of drug-likeness (QED) is 0.654. The van der Waals surface area contributed by atoms with Crippen LogP contribution in [0, 0.1) is 15.9 Å². The predicted molar refractivity (Wildman–Crippen MR) is 74.4 cm³/mol. The van der Waals surface area contributed by atoms with Gasteiger partial charge in [-0.2, -0.15) is 0 Å². The Labute approximate surface area is 123 Å². The molecule has 1 aromatic carbocycles. The van der Waals surface area contributed by atoms with E-state index in [0.717, 1.165) is 6.07 Å². The number of ether oxygens (including phenoxy) is 2. The lowest BCUT2D eigenvalue weighted by Gasteiger charge is -2.26. The number of halogens is 2. The third-order valence-corrected chi connectivity index (χ3v) is 3.94. The van der Waals surface area contributed by atoms with Gasteiger partial charge in [-0.25, -0.2) is 4.39 Å². The van der Waals surface area contributed by atoms with Gasteiger partial charge in [-0.3, -0.25) is 10.1 Å². The first-order valence-corrected chi connectivity index (χ1v) is 6.77. The second kappa shape index (κ2) is 6.02. The first kappa shape index (κ1) is 15.1. The molecule has 2 rings (SSSR count). The van der Waals surface area contributed by atoms with Crippen LogP contribution in [0.5, 0.6) is 0 Å². The maximum absolute atomic E-state index is 13.4. The highest BCUT2D eigenvalue weighted by Gasteiger charge is 2.35. The first-order chi connectivity index (χ1) is 9.47. The summed E-state index contributed by atoms with van der Waals surface area (Å²) in [5.41, 5.74) is -0.572. The molecular formula is C12H14BrFN2O4. The van der Waals surface area contributed by atoms with Crippen LogP contribution in [0.3, 0.4) is 0 Å². The number of nitrogens with one attached hydrogen (secondary N) is 1. The number of anilines is 1. The molecule has 0 radical (unpaired) electrons. The van der Waals surface area contributed by atoms with Gasteiger partial charge < -0.3 is 14.8 Å². The van der Waals surface area contributed by atoms with E-state index in [1.807, 2.05) is 0 Å². The summed E-state index contributed by atoms with van der Waals surface area (Å²) >= 11 is 3.02. The number of methoxy groups -OCH3 is 1.